The first kappa shape index (κ1) is 14.9. The Balaban J connectivity index is 1.51. The summed E-state index contributed by atoms with van der Waals surface area (Å²) in [6.07, 6.45) is 4.28. The maximum atomic E-state index is 12.1. The molecule has 0 aromatic heterocycles. The number of rotatable bonds is 4. The van der Waals surface area contributed by atoms with E-state index in [1.54, 1.807) is 0 Å². The normalized spacial score (nSPS) is 17.3. The Labute approximate surface area is 131 Å². The van der Waals surface area contributed by atoms with E-state index in [0.29, 0.717) is 6.54 Å². The Hall–Kier alpha value is -2.04. The molecule has 2 aliphatic rings. The van der Waals surface area contributed by atoms with Crippen molar-refractivity contribution in [3.8, 4) is 0 Å². The maximum absolute atomic E-state index is 12.1. The molecule has 0 bridgehead atoms. The Morgan fingerprint density at radius 2 is 1.82 bits per heavy atom. The fraction of sp³-hybridized carbons (Fsp3) is 0.529. The molecule has 2 amide bonds. The van der Waals surface area contributed by atoms with E-state index >= 15 is 0 Å². The van der Waals surface area contributed by atoms with Crippen LogP contribution in [0.1, 0.15) is 24.8 Å². The SMILES string of the molecule is O=C(CN1CCCc2ccccc21)NCC(=O)N1CCCC1. The van der Waals surface area contributed by atoms with E-state index in [9.17, 15) is 9.59 Å². The summed E-state index contributed by atoms with van der Waals surface area (Å²) in [6.45, 7) is 2.99. The molecule has 2 heterocycles. The highest BCUT2D eigenvalue weighted by Gasteiger charge is 2.21. The van der Waals surface area contributed by atoms with Crippen LogP contribution in [0.5, 0.6) is 0 Å². The fourth-order valence-electron chi connectivity index (χ4n) is 3.26. The van der Waals surface area contributed by atoms with Crippen molar-refractivity contribution in [3.05, 3.63) is 29.8 Å². The molecule has 0 saturated carbocycles. The summed E-state index contributed by atoms with van der Waals surface area (Å²) in [4.78, 5) is 28.0. The van der Waals surface area contributed by atoms with Gasteiger partial charge in [0, 0.05) is 25.3 Å². The summed E-state index contributed by atoms with van der Waals surface area (Å²) in [7, 11) is 0. The number of para-hydroxylation sites is 1. The second kappa shape index (κ2) is 6.81. The van der Waals surface area contributed by atoms with Crippen molar-refractivity contribution in [1.29, 1.82) is 0 Å². The van der Waals surface area contributed by atoms with Gasteiger partial charge in [-0.3, -0.25) is 9.59 Å². The van der Waals surface area contributed by atoms with E-state index in [1.807, 2.05) is 17.0 Å². The highest BCUT2D eigenvalue weighted by molar-refractivity contribution is 5.87. The monoisotopic (exact) mass is 301 g/mol. The lowest BCUT2D eigenvalue weighted by molar-refractivity contribution is -0.131. The zero-order chi connectivity index (χ0) is 15.4. The number of fused-ring (bicyclic) bond motifs is 1. The van der Waals surface area contributed by atoms with E-state index in [-0.39, 0.29) is 18.4 Å². The van der Waals surface area contributed by atoms with Crippen LogP contribution in [0.3, 0.4) is 0 Å². The van der Waals surface area contributed by atoms with Crippen LogP contribution in [0.15, 0.2) is 24.3 Å². The van der Waals surface area contributed by atoms with Gasteiger partial charge in [0.25, 0.3) is 0 Å². The number of benzene rings is 1. The Morgan fingerprint density at radius 1 is 1.05 bits per heavy atom. The largest absolute Gasteiger partial charge is 0.362 e. The molecule has 1 aromatic carbocycles. The van der Waals surface area contributed by atoms with Gasteiger partial charge in [-0.2, -0.15) is 0 Å². The summed E-state index contributed by atoms with van der Waals surface area (Å²) in [5.41, 5.74) is 2.45. The number of aryl methyl sites for hydroxylation is 1. The first-order chi connectivity index (χ1) is 10.7. The molecule has 0 unspecified atom stereocenters. The van der Waals surface area contributed by atoms with Crippen molar-refractivity contribution in [2.75, 3.05) is 37.6 Å². The van der Waals surface area contributed by atoms with E-state index < -0.39 is 0 Å². The van der Waals surface area contributed by atoms with E-state index in [2.05, 4.69) is 22.3 Å². The first-order valence-electron chi connectivity index (χ1n) is 8.11. The van der Waals surface area contributed by atoms with Crippen LogP contribution in [0.25, 0.3) is 0 Å². The maximum Gasteiger partial charge on any atom is 0.241 e. The minimum Gasteiger partial charge on any atom is -0.362 e. The van der Waals surface area contributed by atoms with Gasteiger partial charge in [0.2, 0.25) is 11.8 Å². The second-order valence-corrected chi connectivity index (χ2v) is 6.02. The fourth-order valence-corrected chi connectivity index (χ4v) is 3.26. The van der Waals surface area contributed by atoms with Gasteiger partial charge in [-0.15, -0.1) is 0 Å². The lowest BCUT2D eigenvalue weighted by Crippen LogP contribution is -2.44. The summed E-state index contributed by atoms with van der Waals surface area (Å²) in [5.74, 6) is -0.0471. The van der Waals surface area contributed by atoms with Crippen LogP contribution in [0, 0.1) is 0 Å². The average molecular weight is 301 g/mol. The number of carbonyl (C=O) groups excluding carboxylic acids is 2. The summed E-state index contributed by atoms with van der Waals surface area (Å²) >= 11 is 0. The lowest BCUT2D eigenvalue weighted by Gasteiger charge is -2.30. The Bertz CT molecular complexity index is 553. The van der Waals surface area contributed by atoms with E-state index in [1.165, 1.54) is 5.56 Å². The van der Waals surface area contributed by atoms with Gasteiger partial charge in [0.15, 0.2) is 0 Å². The molecular formula is C17H23N3O2. The summed E-state index contributed by atoms with van der Waals surface area (Å²) in [6, 6.07) is 8.23. The molecule has 0 atom stereocenters. The topological polar surface area (TPSA) is 52.7 Å². The van der Waals surface area contributed by atoms with Crippen LogP contribution in [0.4, 0.5) is 5.69 Å². The third-order valence-corrected chi connectivity index (χ3v) is 4.44. The van der Waals surface area contributed by atoms with E-state index in [0.717, 1.165) is 51.0 Å². The molecular weight excluding hydrogens is 278 g/mol. The van der Waals surface area contributed by atoms with Crippen molar-refractivity contribution in [2.24, 2.45) is 0 Å². The van der Waals surface area contributed by atoms with Gasteiger partial charge in [-0.25, -0.2) is 0 Å². The third kappa shape index (κ3) is 3.40. The molecule has 1 aromatic rings. The van der Waals surface area contributed by atoms with Gasteiger partial charge in [0.1, 0.15) is 0 Å². The number of hydrogen-bond acceptors (Lipinski definition) is 3. The number of hydrogen-bond donors (Lipinski definition) is 1. The standard InChI is InChI=1S/C17H23N3O2/c21-16(18-12-17(22)19-9-3-4-10-19)13-20-11-5-7-14-6-1-2-8-15(14)20/h1-2,6,8H,3-5,7,9-13H2,(H,18,21). The predicted molar refractivity (Wildman–Crippen MR) is 85.8 cm³/mol. The van der Waals surface area contributed by atoms with Crippen LogP contribution in [0.2, 0.25) is 0 Å². The Kier molecular flexibility index (Phi) is 4.61. The second-order valence-electron chi connectivity index (χ2n) is 6.02. The van der Waals surface area contributed by atoms with Crippen molar-refractivity contribution >= 4 is 17.5 Å². The molecule has 2 aliphatic heterocycles. The van der Waals surface area contributed by atoms with Crippen molar-refractivity contribution in [3.63, 3.8) is 0 Å². The first-order valence-corrected chi connectivity index (χ1v) is 8.11. The van der Waals surface area contributed by atoms with Gasteiger partial charge < -0.3 is 15.1 Å². The molecule has 118 valence electrons. The molecule has 0 spiro atoms. The molecule has 5 nitrogen and oxygen atoms in total. The van der Waals surface area contributed by atoms with E-state index in [4.69, 9.17) is 0 Å². The molecule has 1 saturated heterocycles. The molecule has 1 fully saturated rings. The highest BCUT2D eigenvalue weighted by Crippen LogP contribution is 2.26. The minimum atomic E-state index is -0.0794. The van der Waals surface area contributed by atoms with Crippen molar-refractivity contribution in [1.82, 2.24) is 10.2 Å². The van der Waals surface area contributed by atoms with Crippen LogP contribution in [-0.4, -0.2) is 49.4 Å². The smallest absolute Gasteiger partial charge is 0.241 e. The number of likely N-dealkylation sites (tertiary alicyclic amines) is 1. The predicted octanol–water partition coefficient (Wildman–Crippen LogP) is 1.18. The molecule has 0 radical (unpaired) electrons. The molecule has 5 heteroatoms. The van der Waals surface area contributed by atoms with Gasteiger partial charge in [-0.1, -0.05) is 18.2 Å². The van der Waals surface area contributed by atoms with Gasteiger partial charge >= 0.3 is 0 Å². The molecule has 3 rings (SSSR count). The van der Waals surface area contributed by atoms with Gasteiger partial charge in [-0.05, 0) is 37.3 Å². The van der Waals surface area contributed by atoms with Crippen LogP contribution >= 0.6 is 0 Å². The Morgan fingerprint density at radius 3 is 2.64 bits per heavy atom. The number of nitrogens with one attached hydrogen (secondary N) is 1. The summed E-state index contributed by atoms with van der Waals surface area (Å²) in [5, 5.41) is 2.77. The number of carbonyl (C=O) groups is 2. The van der Waals surface area contributed by atoms with Crippen molar-refractivity contribution in [2.45, 2.75) is 25.7 Å². The lowest BCUT2D eigenvalue weighted by atomic mass is 10.0. The minimum absolute atomic E-state index is 0.0323. The van der Waals surface area contributed by atoms with Gasteiger partial charge in [0.05, 0.1) is 13.1 Å². The average Bonchev–Trinajstić information content (AvgIpc) is 3.07. The zero-order valence-corrected chi connectivity index (χ0v) is 12.9. The molecule has 1 N–H and O–H groups in total. The summed E-state index contributed by atoms with van der Waals surface area (Å²) < 4.78 is 0. The molecule has 22 heavy (non-hydrogen) atoms. The quantitative estimate of drug-likeness (QED) is 0.908. The highest BCUT2D eigenvalue weighted by atomic mass is 16.2. The molecule has 0 aliphatic carbocycles. The third-order valence-electron chi connectivity index (χ3n) is 4.44. The van der Waals surface area contributed by atoms with Crippen LogP contribution in [-0.2, 0) is 16.0 Å². The number of anilines is 1. The van der Waals surface area contributed by atoms with Crippen LogP contribution < -0.4 is 10.2 Å². The number of amides is 2. The zero-order valence-electron chi connectivity index (χ0n) is 12.9. The number of nitrogens with zero attached hydrogens (tertiary/aromatic N) is 2. The van der Waals surface area contributed by atoms with Crippen molar-refractivity contribution < 1.29 is 9.59 Å².